The molecule has 11 heteroatoms. The third kappa shape index (κ3) is 7.46. The van der Waals surface area contributed by atoms with Crippen LogP contribution < -0.4 is 20.1 Å². The Kier molecular flexibility index (Phi) is 11.0. The lowest BCUT2D eigenvalue weighted by atomic mass is 10.00. The second-order valence-corrected chi connectivity index (χ2v) is 12.2. The zero-order valence-electron chi connectivity index (χ0n) is 26.2. The van der Waals surface area contributed by atoms with Crippen molar-refractivity contribution in [2.75, 3.05) is 40.6 Å². The molecule has 2 fully saturated rings. The number of halogens is 2. The first-order valence-corrected chi connectivity index (χ1v) is 16.5. The summed E-state index contributed by atoms with van der Waals surface area (Å²) in [5.41, 5.74) is 6.11. The average molecular weight is 665 g/mol. The lowest BCUT2D eigenvalue weighted by Gasteiger charge is -2.23. The van der Waals surface area contributed by atoms with Gasteiger partial charge in [0, 0.05) is 85.6 Å². The van der Waals surface area contributed by atoms with Crippen LogP contribution in [-0.2, 0) is 22.6 Å². The van der Waals surface area contributed by atoms with Gasteiger partial charge in [0.15, 0.2) is 0 Å². The second-order valence-electron chi connectivity index (χ2n) is 11.5. The van der Waals surface area contributed by atoms with E-state index in [1.54, 1.807) is 20.4 Å². The first-order valence-electron chi connectivity index (χ1n) is 15.7. The van der Waals surface area contributed by atoms with Crippen LogP contribution in [0.2, 0.25) is 10.0 Å². The predicted octanol–water partition coefficient (Wildman–Crippen LogP) is 6.73. The molecule has 0 unspecified atom stereocenters. The molecule has 0 spiro atoms. The molecule has 0 saturated carbocycles. The Balaban J connectivity index is 1.24. The molecular weight excluding hydrogens is 625 g/mol. The highest BCUT2D eigenvalue weighted by molar-refractivity contribution is 6.39. The van der Waals surface area contributed by atoms with Crippen LogP contribution >= 0.6 is 23.2 Å². The lowest BCUT2D eigenvalue weighted by molar-refractivity contribution is 0.0774. The Morgan fingerprint density at radius 2 is 1.20 bits per heavy atom. The molecule has 5 heterocycles. The SMILES string of the molecule is COc1nc(-c2cccc(-c3ccnc(-c4ccc(CNC5CCOCC5)c(OC)n4)c3Cl)c2Cl)ccc1CNC1CCOCC1. The van der Waals surface area contributed by atoms with E-state index in [0.717, 1.165) is 79.9 Å². The molecule has 46 heavy (non-hydrogen) atoms. The largest absolute Gasteiger partial charge is 0.481 e. The monoisotopic (exact) mass is 663 g/mol. The molecule has 4 aromatic rings. The van der Waals surface area contributed by atoms with Gasteiger partial charge in [-0.3, -0.25) is 4.98 Å². The van der Waals surface area contributed by atoms with Gasteiger partial charge < -0.3 is 29.6 Å². The van der Waals surface area contributed by atoms with Gasteiger partial charge in [-0.1, -0.05) is 53.5 Å². The smallest absolute Gasteiger partial charge is 0.218 e. The maximum absolute atomic E-state index is 7.08. The number of aromatic nitrogens is 3. The number of ether oxygens (including phenoxy) is 4. The summed E-state index contributed by atoms with van der Waals surface area (Å²) >= 11 is 14.1. The summed E-state index contributed by atoms with van der Waals surface area (Å²) < 4.78 is 22.3. The zero-order chi connectivity index (χ0) is 31.9. The fourth-order valence-electron chi connectivity index (χ4n) is 5.92. The van der Waals surface area contributed by atoms with Crippen molar-refractivity contribution in [3.05, 3.63) is 75.9 Å². The number of hydrogen-bond acceptors (Lipinski definition) is 9. The topological polar surface area (TPSA) is 99.7 Å². The summed E-state index contributed by atoms with van der Waals surface area (Å²) in [6.07, 6.45) is 5.70. The molecule has 0 aliphatic carbocycles. The van der Waals surface area contributed by atoms with Crippen LogP contribution in [-0.4, -0.2) is 67.7 Å². The minimum Gasteiger partial charge on any atom is -0.481 e. The molecule has 1 aromatic carbocycles. The number of rotatable bonds is 11. The molecule has 9 nitrogen and oxygen atoms in total. The second kappa shape index (κ2) is 15.5. The summed E-state index contributed by atoms with van der Waals surface area (Å²) in [4.78, 5) is 14.2. The standard InChI is InChI=1S/C35H39Cl2N5O4/c1-43-34-22(20-39-24-11-16-45-17-12-24)6-8-29(41-34)28-5-3-4-26(31(28)36)27-10-15-38-33(32(27)37)30-9-7-23(35(42-30)44-2)21-40-25-13-18-46-19-14-25/h3-10,15,24-25,39-40H,11-14,16-21H2,1-2H3. The number of hydrogen-bond donors (Lipinski definition) is 2. The minimum absolute atomic E-state index is 0.417. The third-order valence-electron chi connectivity index (χ3n) is 8.57. The summed E-state index contributed by atoms with van der Waals surface area (Å²) in [5, 5.41) is 8.17. The highest BCUT2D eigenvalue weighted by atomic mass is 35.5. The number of pyridine rings is 3. The summed E-state index contributed by atoms with van der Waals surface area (Å²) in [7, 11) is 3.26. The van der Waals surface area contributed by atoms with Crippen molar-refractivity contribution >= 4 is 23.2 Å². The van der Waals surface area contributed by atoms with E-state index in [2.05, 4.69) is 15.6 Å². The van der Waals surface area contributed by atoms with E-state index >= 15 is 0 Å². The Hall–Kier alpha value is -3.31. The van der Waals surface area contributed by atoms with Crippen LogP contribution in [0.25, 0.3) is 33.8 Å². The molecule has 6 rings (SSSR count). The van der Waals surface area contributed by atoms with Crippen molar-refractivity contribution < 1.29 is 18.9 Å². The molecule has 0 radical (unpaired) electrons. The molecular formula is C35H39Cl2N5O4. The summed E-state index contributed by atoms with van der Waals surface area (Å²) in [5.74, 6) is 1.10. The van der Waals surface area contributed by atoms with Crippen molar-refractivity contribution in [2.24, 2.45) is 0 Å². The van der Waals surface area contributed by atoms with E-state index in [4.69, 9.17) is 52.1 Å². The van der Waals surface area contributed by atoms with Crippen molar-refractivity contribution in [2.45, 2.75) is 50.9 Å². The van der Waals surface area contributed by atoms with E-state index in [-0.39, 0.29) is 0 Å². The highest BCUT2D eigenvalue weighted by Crippen LogP contribution is 2.41. The van der Waals surface area contributed by atoms with Crippen LogP contribution in [0, 0.1) is 0 Å². The summed E-state index contributed by atoms with van der Waals surface area (Å²) in [6, 6.07) is 16.5. The zero-order valence-corrected chi connectivity index (χ0v) is 27.7. The van der Waals surface area contributed by atoms with Gasteiger partial charge >= 0.3 is 0 Å². The first-order chi connectivity index (χ1) is 22.6. The molecule has 2 aliphatic heterocycles. The average Bonchev–Trinajstić information content (AvgIpc) is 3.11. The van der Waals surface area contributed by atoms with Gasteiger partial charge in [-0.25, -0.2) is 9.97 Å². The van der Waals surface area contributed by atoms with E-state index in [0.29, 0.717) is 64.1 Å². The maximum atomic E-state index is 7.08. The van der Waals surface area contributed by atoms with E-state index in [1.807, 2.05) is 48.5 Å². The van der Waals surface area contributed by atoms with Crippen LogP contribution in [0.1, 0.15) is 36.8 Å². The molecule has 0 bridgehead atoms. The number of nitrogens with one attached hydrogen (secondary N) is 2. The van der Waals surface area contributed by atoms with Crippen LogP contribution in [0.3, 0.4) is 0 Å². The number of methoxy groups -OCH3 is 2. The van der Waals surface area contributed by atoms with Crippen molar-refractivity contribution in [1.29, 1.82) is 0 Å². The van der Waals surface area contributed by atoms with Gasteiger partial charge in [0.05, 0.1) is 35.7 Å². The van der Waals surface area contributed by atoms with Gasteiger partial charge in [-0.2, -0.15) is 0 Å². The third-order valence-corrected chi connectivity index (χ3v) is 9.36. The number of benzene rings is 1. The van der Waals surface area contributed by atoms with E-state index in [9.17, 15) is 0 Å². The van der Waals surface area contributed by atoms with Gasteiger partial charge in [-0.15, -0.1) is 0 Å². The van der Waals surface area contributed by atoms with E-state index < -0.39 is 0 Å². The van der Waals surface area contributed by atoms with Crippen molar-refractivity contribution in [1.82, 2.24) is 25.6 Å². The van der Waals surface area contributed by atoms with Gasteiger partial charge in [-0.05, 0) is 43.9 Å². The fraction of sp³-hybridized carbons (Fsp3) is 0.400. The van der Waals surface area contributed by atoms with Gasteiger partial charge in [0.25, 0.3) is 0 Å². The molecule has 2 saturated heterocycles. The Bertz CT molecular complexity index is 1520. The number of nitrogens with zero attached hydrogens (tertiary/aromatic N) is 3. The maximum Gasteiger partial charge on any atom is 0.218 e. The highest BCUT2D eigenvalue weighted by Gasteiger charge is 2.20. The minimum atomic E-state index is 0.417. The molecule has 2 aliphatic rings. The van der Waals surface area contributed by atoms with Gasteiger partial charge in [0.2, 0.25) is 11.8 Å². The summed E-state index contributed by atoms with van der Waals surface area (Å²) in [6.45, 7) is 4.45. The molecule has 3 aromatic heterocycles. The molecule has 242 valence electrons. The fourth-order valence-corrected chi connectivity index (χ4v) is 6.56. The normalized spacial score (nSPS) is 16.0. The van der Waals surface area contributed by atoms with Gasteiger partial charge in [0.1, 0.15) is 5.69 Å². The van der Waals surface area contributed by atoms with E-state index in [1.165, 1.54) is 0 Å². The molecule has 2 N–H and O–H groups in total. The van der Waals surface area contributed by atoms with Crippen molar-refractivity contribution in [3.63, 3.8) is 0 Å². The Morgan fingerprint density at radius 1 is 0.674 bits per heavy atom. The molecule has 0 atom stereocenters. The molecule has 0 amide bonds. The van der Waals surface area contributed by atoms with Crippen LogP contribution in [0.4, 0.5) is 0 Å². The predicted molar refractivity (Wildman–Crippen MR) is 181 cm³/mol. The lowest BCUT2D eigenvalue weighted by Crippen LogP contribution is -2.34. The quantitative estimate of drug-likeness (QED) is 0.181. The van der Waals surface area contributed by atoms with Crippen LogP contribution in [0.15, 0.2) is 54.7 Å². The first kappa shape index (κ1) is 32.6. The van der Waals surface area contributed by atoms with Crippen LogP contribution in [0.5, 0.6) is 11.8 Å². The Labute approximate surface area is 280 Å². The van der Waals surface area contributed by atoms with Crippen molar-refractivity contribution in [3.8, 4) is 45.5 Å². The Morgan fingerprint density at radius 3 is 1.78 bits per heavy atom.